The van der Waals surface area contributed by atoms with Crippen LogP contribution in [0.4, 0.5) is 17.1 Å². The number of nitro groups is 2. The van der Waals surface area contributed by atoms with Crippen molar-refractivity contribution in [1.82, 2.24) is 0 Å². The minimum atomic E-state index is -0.621. The molecule has 3 rings (SSSR count). The summed E-state index contributed by atoms with van der Waals surface area (Å²) in [6, 6.07) is 7.91. The molecule has 0 radical (unpaired) electrons. The maximum atomic E-state index is 11.8. The largest absolute Gasteiger partial charge is 0.467 e. The van der Waals surface area contributed by atoms with Crippen molar-refractivity contribution in [2.24, 2.45) is 5.16 Å². The topological polar surface area (TPSA) is 155 Å². The third kappa shape index (κ3) is 5.01. The molecule has 12 heteroatoms. The first-order chi connectivity index (χ1) is 13.9. The number of carbonyl (C=O) groups excluding carboxylic acids is 1. The van der Waals surface area contributed by atoms with Crippen LogP contribution in [0.15, 0.2) is 41.6 Å². The molecule has 0 bridgehead atoms. The number of non-ortho nitro benzene ring substituents is 2. The Morgan fingerprint density at radius 3 is 2.59 bits per heavy atom. The molecule has 29 heavy (non-hydrogen) atoms. The van der Waals surface area contributed by atoms with Gasteiger partial charge in [-0.1, -0.05) is 5.16 Å². The summed E-state index contributed by atoms with van der Waals surface area (Å²) in [5.41, 5.74) is 1.01. The summed E-state index contributed by atoms with van der Waals surface area (Å²) in [6.45, 7) is 0.0228. The van der Waals surface area contributed by atoms with Gasteiger partial charge in [-0.05, 0) is 12.1 Å². The molecule has 1 aliphatic rings. The van der Waals surface area contributed by atoms with Crippen LogP contribution in [0.1, 0.15) is 11.1 Å². The van der Waals surface area contributed by atoms with E-state index in [0.717, 1.165) is 6.21 Å². The van der Waals surface area contributed by atoms with E-state index in [9.17, 15) is 25.0 Å². The van der Waals surface area contributed by atoms with E-state index in [-0.39, 0.29) is 31.4 Å². The van der Waals surface area contributed by atoms with Gasteiger partial charge in [-0.2, -0.15) is 0 Å². The number of ether oxygens (including phenoxy) is 2. The van der Waals surface area contributed by atoms with E-state index in [4.69, 9.17) is 14.3 Å². The molecule has 0 saturated heterocycles. The number of amides is 1. The molecular formula is C17H14N4O8. The number of benzene rings is 2. The molecule has 0 spiro atoms. The first kappa shape index (κ1) is 19.7. The summed E-state index contributed by atoms with van der Waals surface area (Å²) in [5.74, 6) is -0.197. The number of fused-ring (bicyclic) bond motifs is 1. The highest BCUT2D eigenvalue weighted by atomic mass is 16.7. The van der Waals surface area contributed by atoms with Crippen LogP contribution >= 0.6 is 0 Å². The van der Waals surface area contributed by atoms with Crippen molar-refractivity contribution in [3.05, 3.63) is 67.8 Å². The van der Waals surface area contributed by atoms with Gasteiger partial charge < -0.3 is 19.6 Å². The zero-order chi connectivity index (χ0) is 20.8. The lowest BCUT2D eigenvalue weighted by molar-refractivity contribution is -0.385. The normalized spacial score (nSPS) is 12.7. The average molecular weight is 402 g/mol. The second-order valence-corrected chi connectivity index (χ2v) is 5.76. The molecule has 1 aliphatic heterocycles. The number of nitro benzene ring substituents is 2. The average Bonchev–Trinajstić information content (AvgIpc) is 2.71. The maximum absolute atomic E-state index is 11.8. The van der Waals surface area contributed by atoms with Crippen LogP contribution in [0.2, 0.25) is 0 Å². The predicted octanol–water partition coefficient (Wildman–Crippen LogP) is 2.51. The van der Waals surface area contributed by atoms with Crippen molar-refractivity contribution >= 4 is 29.2 Å². The van der Waals surface area contributed by atoms with Crippen LogP contribution in [0.5, 0.6) is 5.75 Å². The second-order valence-electron chi connectivity index (χ2n) is 5.76. The lowest BCUT2D eigenvalue weighted by Crippen LogP contribution is -2.14. The smallest absolute Gasteiger partial charge is 0.270 e. The Kier molecular flexibility index (Phi) is 5.94. The third-order valence-corrected chi connectivity index (χ3v) is 3.79. The van der Waals surface area contributed by atoms with E-state index in [2.05, 4.69) is 10.5 Å². The van der Waals surface area contributed by atoms with Gasteiger partial charge in [0.15, 0.2) is 6.79 Å². The maximum Gasteiger partial charge on any atom is 0.270 e. The fraction of sp³-hybridized carbons (Fsp3) is 0.176. The first-order valence-electron chi connectivity index (χ1n) is 8.15. The molecular weight excluding hydrogens is 388 g/mol. The quantitative estimate of drug-likeness (QED) is 0.421. The van der Waals surface area contributed by atoms with Crippen molar-refractivity contribution in [1.29, 1.82) is 0 Å². The monoisotopic (exact) mass is 402 g/mol. The standard InChI is InChI=1S/C17H14N4O8/c22-16(19-13-1-3-14(4-2-13)20(23)24)7-18-29-9-12-6-15(21(25)26)5-11-8-27-10-28-17(11)12/h1-7H,8-10H2,(H,19,22). The van der Waals surface area contributed by atoms with Crippen LogP contribution in [-0.4, -0.2) is 28.8 Å². The van der Waals surface area contributed by atoms with E-state index >= 15 is 0 Å². The lowest BCUT2D eigenvalue weighted by atomic mass is 10.1. The van der Waals surface area contributed by atoms with Crippen LogP contribution in [0.3, 0.4) is 0 Å². The predicted molar refractivity (Wildman–Crippen MR) is 98.4 cm³/mol. The van der Waals surface area contributed by atoms with Crippen LogP contribution in [0.25, 0.3) is 0 Å². The second kappa shape index (κ2) is 8.75. The molecule has 0 fully saturated rings. The summed E-state index contributed by atoms with van der Waals surface area (Å²) >= 11 is 0. The molecule has 12 nitrogen and oxygen atoms in total. The summed E-state index contributed by atoms with van der Waals surface area (Å²) in [7, 11) is 0. The molecule has 150 valence electrons. The van der Waals surface area contributed by atoms with Gasteiger partial charge >= 0.3 is 0 Å². The molecule has 0 atom stereocenters. The van der Waals surface area contributed by atoms with Gasteiger partial charge in [0.1, 0.15) is 18.6 Å². The van der Waals surface area contributed by atoms with Crippen molar-refractivity contribution in [2.45, 2.75) is 13.2 Å². The van der Waals surface area contributed by atoms with Crippen LogP contribution in [0, 0.1) is 20.2 Å². The summed E-state index contributed by atoms with van der Waals surface area (Å²) in [5, 5.41) is 27.6. The van der Waals surface area contributed by atoms with Gasteiger partial charge in [-0.3, -0.25) is 25.0 Å². The number of nitrogens with one attached hydrogen (secondary N) is 1. The van der Waals surface area contributed by atoms with Crippen molar-refractivity contribution in [3.63, 3.8) is 0 Å². The number of oxime groups is 1. The highest BCUT2D eigenvalue weighted by Gasteiger charge is 2.21. The Hall–Kier alpha value is -4.06. The molecule has 2 aromatic carbocycles. The minimum Gasteiger partial charge on any atom is -0.467 e. The molecule has 1 heterocycles. The van der Waals surface area contributed by atoms with Crippen molar-refractivity contribution in [2.75, 3.05) is 12.1 Å². The Morgan fingerprint density at radius 1 is 1.17 bits per heavy atom. The van der Waals surface area contributed by atoms with Crippen LogP contribution < -0.4 is 10.1 Å². The number of anilines is 1. The minimum absolute atomic E-state index is 0.0126. The number of carbonyl (C=O) groups is 1. The van der Waals surface area contributed by atoms with E-state index in [1.807, 2.05) is 0 Å². The van der Waals surface area contributed by atoms with Gasteiger partial charge in [0.05, 0.1) is 16.5 Å². The fourth-order valence-electron chi connectivity index (χ4n) is 2.53. The highest BCUT2D eigenvalue weighted by molar-refractivity contribution is 6.31. The third-order valence-electron chi connectivity index (χ3n) is 3.79. The molecule has 0 aliphatic carbocycles. The highest BCUT2D eigenvalue weighted by Crippen LogP contribution is 2.33. The Morgan fingerprint density at radius 2 is 1.90 bits per heavy atom. The Labute approximate surface area is 163 Å². The molecule has 0 unspecified atom stereocenters. The summed E-state index contributed by atoms with van der Waals surface area (Å²) in [6.07, 6.45) is 0.870. The molecule has 1 N–H and O–H groups in total. The number of rotatable bonds is 7. The number of hydrogen-bond acceptors (Lipinski definition) is 9. The van der Waals surface area contributed by atoms with Gasteiger partial charge in [0.25, 0.3) is 17.3 Å². The van der Waals surface area contributed by atoms with Gasteiger partial charge in [0.2, 0.25) is 0 Å². The number of nitrogens with zero attached hydrogens (tertiary/aromatic N) is 3. The molecule has 0 saturated carbocycles. The van der Waals surface area contributed by atoms with E-state index in [0.29, 0.717) is 22.6 Å². The van der Waals surface area contributed by atoms with Crippen molar-refractivity contribution < 1.29 is 29.0 Å². The van der Waals surface area contributed by atoms with Gasteiger partial charge in [0, 0.05) is 41.1 Å². The van der Waals surface area contributed by atoms with Gasteiger partial charge in [-0.15, -0.1) is 0 Å². The summed E-state index contributed by atoms with van der Waals surface area (Å²) in [4.78, 5) is 37.4. The lowest BCUT2D eigenvalue weighted by Gasteiger charge is -2.19. The molecule has 2 aromatic rings. The van der Waals surface area contributed by atoms with Gasteiger partial charge in [-0.25, -0.2) is 0 Å². The SMILES string of the molecule is O=C(C=NOCc1cc([N+](=O)[O-])cc2c1OCOC2)Nc1ccc([N+](=O)[O-])cc1. The fourth-order valence-corrected chi connectivity index (χ4v) is 2.53. The first-order valence-corrected chi connectivity index (χ1v) is 8.15. The summed E-state index contributed by atoms with van der Waals surface area (Å²) < 4.78 is 10.5. The zero-order valence-electron chi connectivity index (χ0n) is 14.8. The number of hydrogen-bond donors (Lipinski definition) is 1. The van der Waals surface area contributed by atoms with E-state index < -0.39 is 15.8 Å². The zero-order valence-corrected chi connectivity index (χ0v) is 14.8. The van der Waals surface area contributed by atoms with E-state index in [1.54, 1.807) is 0 Å². The molecule has 1 amide bonds. The van der Waals surface area contributed by atoms with E-state index in [1.165, 1.54) is 36.4 Å². The Balaban J connectivity index is 1.59. The Bertz CT molecular complexity index is 974. The van der Waals surface area contributed by atoms with Crippen molar-refractivity contribution in [3.8, 4) is 5.75 Å². The van der Waals surface area contributed by atoms with Crippen LogP contribution in [-0.2, 0) is 27.6 Å². The molecule has 0 aromatic heterocycles.